The fraction of sp³-hybridized carbons (Fsp3) is 0.278. The summed E-state index contributed by atoms with van der Waals surface area (Å²) in [5.41, 5.74) is 3.01. The van der Waals surface area contributed by atoms with Gasteiger partial charge in [-0.15, -0.1) is 5.10 Å². The Kier molecular flexibility index (Phi) is 2.89. The monoisotopic (exact) mass is 337 g/mol. The van der Waals surface area contributed by atoms with Gasteiger partial charge in [0.1, 0.15) is 11.5 Å². The normalized spacial score (nSPS) is 17.6. The van der Waals surface area contributed by atoms with E-state index < -0.39 is 5.82 Å². The van der Waals surface area contributed by atoms with Crippen LogP contribution in [-0.4, -0.2) is 34.3 Å². The van der Waals surface area contributed by atoms with Crippen LogP contribution in [0.5, 0.6) is 0 Å². The molecule has 1 amide bonds. The number of halogens is 1. The molecule has 1 N–H and O–H groups in total. The molecule has 1 saturated heterocycles. The molecule has 5 rings (SSSR count). The topological polar surface area (TPSA) is 63.1 Å². The summed E-state index contributed by atoms with van der Waals surface area (Å²) >= 11 is 0. The molecule has 126 valence electrons. The molecule has 3 heterocycles. The third kappa shape index (κ3) is 2.34. The minimum absolute atomic E-state index is 0.271. The molecule has 1 spiro atoms. The van der Waals surface area contributed by atoms with E-state index in [1.165, 1.54) is 29.7 Å². The summed E-state index contributed by atoms with van der Waals surface area (Å²) in [6.45, 7) is 2.20. The second-order valence-electron chi connectivity index (χ2n) is 6.96. The van der Waals surface area contributed by atoms with Crippen LogP contribution >= 0.6 is 0 Å². The van der Waals surface area contributed by atoms with Crippen molar-refractivity contribution in [1.29, 1.82) is 0 Å². The van der Waals surface area contributed by atoms with Gasteiger partial charge in [-0.05, 0) is 37.1 Å². The number of nitrogens with one attached hydrogen (secondary N) is 1. The zero-order valence-electron chi connectivity index (χ0n) is 13.4. The van der Waals surface area contributed by atoms with Crippen molar-refractivity contribution in [2.45, 2.75) is 12.8 Å². The average molecular weight is 337 g/mol. The number of amides is 1. The predicted octanol–water partition coefficient (Wildman–Crippen LogP) is 2.73. The maximum atomic E-state index is 14.2. The molecule has 2 aliphatic rings. The lowest BCUT2D eigenvalue weighted by Gasteiger charge is -2.41. The van der Waals surface area contributed by atoms with Crippen molar-refractivity contribution in [3.8, 4) is 5.69 Å². The van der Waals surface area contributed by atoms with Gasteiger partial charge in [-0.25, -0.2) is 14.1 Å². The molecule has 3 aromatic rings. The highest BCUT2D eigenvalue weighted by Gasteiger charge is 2.52. The molecule has 6 nitrogen and oxygen atoms in total. The van der Waals surface area contributed by atoms with Gasteiger partial charge in [-0.3, -0.25) is 4.79 Å². The number of fused-ring (bicyclic) bond motifs is 1. The maximum absolute atomic E-state index is 14.2. The van der Waals surface area contributed by atoms with E-state index in [0.717, 1.165) is 24.2 Å². The summed E-state index contributed by atoms with van der Waals surface area (Å²) in [7, 11) is 0. The minimum Gasteiger partial charge on any atom is -0.369 e. The van der Waals surface area contributed by atoms with Crippen molar-refractivity contribution in [1.82, 2.24) is 14.8 Å². The lowest BCUT2D eigenvalue weighted by molar-refractivity contribution is -0.105. The van der Waals surface area contributed by atoms with Crippen LogP contribution in [0.3, 0.4) is 0 Å². The lowest BCUT2D eigenvalue weighted by Crippen LogP contribution is -2.48. The molecule has 7 heteroatoms. The number of pyridine rings is 1. The number of hydrogen-bond acceptors (Lipinski definition) is 4. The van der Waals surface area contributed by atoms with Crippen molar-refractivity contribution in [2.75, 3.05) is 23.3 Å². The zero-order chi connectivity index (χ0) is 17.0. The van der Waals surface area contributed by atoms with Crippen LogP contribution in [0, 0.1) is 11.2 Å². The van der Waals surface area contributed by atoms with Crippen LogP contribution in [0.25, 0.3) is 16.7 Å². The van der Waals surface area contributed by atoms with Gasteiger partial charge >= 0.3 is 0 Å². The van der Waals surface area contributed by atoms with Gasteiger partial charge in [0.05, 0.1) is 11.9 Å². The number of carbonyl (C=O) groups excluding carboxylic acids is 1. The zero-order valence-corrected chi connectivity index (χ0v) is 13.4. The molecular formula is C18H16FN5O. The third-order valence-corrected chi connectivity index (χ3v) is 5.14. The van der Waals surface area contributed by atoms with E-state index >= 15 is 0 Å². The highest BCUT2D eigenvalue weighted by Crippen LogP contribution is 2.53. The third-order valence-electron chi connectivity index (χ3n) is 5.14. The number of aromatic nitrogens is 3. The van der Waals surface area contributed by atoms with Crippen molar-refractivity contribution in [3.05, 3.63) is 42.5 Å². The smallest absolute Gasteiger partial charge is 0.211 e. The van der Waals surface area contributed by atoms with Gasteiger partial charge in [-0.2, -0.15) is 0 Å². The highest BCUT2D eigenvalue weighted by atomic mass is 19.1. The SMILES string of the molecule is O=CNc1ccc(F)c(-n2cc3cc(N4CC5(CC5)C4)cnc3n2)c1. The predicted molar refractivity (Wildman–Crippen MR) is 92.4 cm³/mol. The summed E-state index contributed by atoms with van der Waals surface area (Å²) in [6, 6.07) is 6.40. The van der Waals surface area contributed by atoms with Crippen molar-refractivity contribution >= 4 is 28.8 Å². The number of rotatable bonds is 4. The average Bonchev–Trinajstić information content (AvgIpc) is 3.28. The van der Waals surface area contributed by atoms with Crippen LogP contribution in [0.2, 0.25) is 0 Å². The van der Waals surface area contributed by atoms with E-state index in [9.17, 15) is 9.18 Å². The van der Waals surface area contributed by atoms with E-state index in [0.29, 0.717) is 23.2 Å². The number of nitrogens with zero attached hydrogens (tertiary/aromatic N) is 4. The molecule has 1 aromatic carbocycles. The van der Waals surface area contributed by atoms with Gasteiger partial charge < -0.3 is 10.2 Å². The summed E-state index contributed by atoms with van der Waals surface area (Å²) in [5.74, 6) is -0.414. The van der Waals surface area contributed by atoms with Crippen LogP contribution in [0.4, 0.5) is 15.8 Å². The Bertz CT molecular complexity index is 986. The Morgan fingerprint density at radius 3 is 2.84 bits per heavy atom. The standard InChI is InChI=1S/C18H16FN5O/c19-15-2-1-13(21-11-25)6-16(15)24-8-12-5-14(7-20-17(12)22-24)23-9-18(10-23)3-4-18/h1-2,5-8,11H,3-4,9-10H2,(H,21,25). The number of benzene rings is 1. The summed E-state index contributed by atoms with van der Waals surface area (Å²) < 4.78 is 15.6. The molecule has 2 fully saturated rings. The largest absolute Gasteiger partial charge is 0.369 e. The first-order chi connectivity index (χ1) is 12.2. The van der Waals surface area contributed by atoms with Crippen molar-refractivity contribution in [2.24, 2.45) is 5.41 Å². The maximum Gasteiger partial charge on any atom is 0.211 e. The van der Waals surface area contributed by atoms with Gasteiger partial charge in [0.2, 0.25) is 6.41 Å². The molecule has 1 saturated carbocycles. The number of anilines is 2. The van der Waals surface area contributed by atoms with E-state index in [-0.39, 0.29) is 5.69 Å². The first-order valence-electron chi connectivity index (χ1n) is 8.26. The molecule has 2 aromatic heterocycles. The molecule has 0 atom stereocenters. The quantitative estimate of drug-likeness (QED) is 0.744. The minimum atomic E-state index is -0.414. The second kappa shape index (κ2) is 5.02. The number of carbonyl (C=O) groups is 1. The van der Waals surface area contributed by atoms with Crippen LogP contribution in [-0.2, 0) is 4.79 Å². The first kappa shape index (κ1) is 14.4. The fourth-order valence-corrected chi connectivity index (χ4v) is 3.49. The van der Waals surface area contributed by atoms with Gasteiger partial charge in [0.25, 0.3) is 0 Å². The number of hydrogen-bond donors (Lipinski definition) is 1. The lowest BCUT2D eigenvalue weighted by atomic mass is 9.96. The van der Waals surface area contributed by atoms with Crippen LogP contribution in [0.1, 0.15) is 12.8 Å². The molecule has 0 unspecified atom stereocenters. The van der Waals surface area contributed by atoms with Crippen molar-refractivity contribution < 1.29 is 9.18 Å². The molecule has 25 heavy (non-hydrogen) atoms. The van der Waals surface area contributed by atoms with E-state index in [1.54, 1.807) is 12.3 Å². The van der Waals surface area contributed by atoms with Crippen LogP contribution in [0.15, 0.2) is 36.7 Å². The summed E-state index contributed by atoms with van der Waals surface area (Å²) in [6.07, 6.45) is 6.82. The Labute approximate surface area is 143 Å². The van der Waals surface area contributed by atoms with Gasteiger partial charge in [0, 0.05) is 35.8 Å². The molecular weight excluding hydrogens is 321 g/mol. The first-order valence-corrected chi connectivity index (χ1v) is 8.26. The van der Waals surface area contributed by atoms with Gasteiger partial charge in [-0.1, -0.05) is 0 Å². The van der Waals surface area contributed by atoms with E-state index in [2.05, 4.69) is 20.3 Å². The van der Waals surface area contributed by atoms with Gasteiger partial charge in [0.15, 0.2) is 5.65 Å². The molecule has 0 bridgehead atoms. The Morgan fingerprint density at radius 1 is 1.24 bits per heavy atom. The molecule has 1 aliphatic heterocycles. The Hall–Kier alpha value is -2.96. The summed E-state index contributed by atoms with van der Waals surface area (Å²) in [4.78, 5) is 17.3. The molecule has 1 aliphatic carbocycles. The fourth-order valence-electron chi connectivity index (χ4n) is 3.49. The second-order valence-corrected chi connectivity index (χ2v) is 6.96. The molecule has 0 radical (unpaired) electrons. The summed E-state index contributed by atoms with van der Waals surface area (Å²) in [5, 5.41) is 7.75. The Morgan fingerprint density at radius 2 is 2.08 bits per heavy atom. The highest BCUT2D eigenvalue weighted by molar-refractivity contribution is 5.79. The van der Waals surface area contributed by atoms with E-state index in [4.69, 9.17) is 0 Å². The van der Waals surface area contributed by atoms with Crippen LogP contribution < -0.4 is 10.2 Å². The Balaban J connectivity index is 1.50. The van der Waals surface area contributed by atoms with E-state index in [1.807, 2.05) is 12.3 Å². The van der Waals surface area contributed by atoms with Crippen molar-refractivity contribution in [3.63, 3.8) is 0 Å².